The largest absolute Gasteiger partial charge is 0.484 e. The molecule has 1 N–H and O–H groups in total. The van der Waals surface area contributed by atoms with E-state index in [1.165, 1.54) is 16.9 Å². The SMILES string of the molecule is Cc1ccc(OCC(=O)N/N=C\c2ccc(Br)s2)cc1C. The van der Waals surface area contributed by atoms with Gasteiger partial charge in [-0.1, -0.05) is 6.07 Å². The van der Waals surface area contributed by atoms with E-state index in [2.05, 4.69) is 26.5 Å². The Balaban J connectivity index is 1.79. The van der Waals surface area contributed by atoms with Crippen molar-refractivity contribution in [2.24, 2.45) is 5.10 Å². The van der Waals surface area contributed by atoms with Gasteiger partial charge < -0.3 is 4.74 Å². The minimum Gasteiger partial charge on any atom is -0.484 e. The Labute approximate surface area is 136 Å². The van der Waals surface area contributed by atoms with Gasteiger partial charge in [-0.15, -0.1) is 11.3 Å². The number of ether oxygens (including phenoxy) is 1. The van der Waals surface area contributed by atoms with Crippen LogP contribution in [0.2, 0.25) is 0 Å². The van der Waals surface area contributed by atoms with E-state index < -0.39 is 0 Å². The fourth-order valence-electron chi connectivity index (χ4n) is 1.55. The molecule has 21 heavy (non-hydrogen) atoms. The Morgan fingerprint density at radius 1 is 1.33 bits per heavy atom. The molecule has 1 heterocycles. The summed E-state index contributed by atoms with van der Waals surface area (Å²) in [6, 6.07) is 9.57. The number of nitrogens with zero attached hydrogens (tertiary/aromatic N) is 1. The van der Waals surface area contributed by atoms with Crippen molar-refractivity contribution in [2.45, 2.75) is 13.8 Å². The predicted molar refractivity (Wildman–Crippen MR) is 89.2 cm³/mol. The molecule has 0 aliphatic heterocycles. The van der Waals surface area contributed by atoms with Gasteiger partial charge in [0.05, 0.1) is 10.0 Å². The monoisotopic (exact) mass is 366 g/mol. The van der Waals surface area contributed by atoms with Crippen LogP contribution in [0.3, 0.4) is 0 Å². The lowest BCUT2D eigenvalue weighted by molar-refractivity contribution is -0.123. The molecule has 0 bridgehead atoms. The minimum absolute atomic E-state index is 0.0615. The van der Waals surface area contributed by atoms with Crippen LogP contribution in [-0.4, -0.2) is 18.7 Å². The van der Waals surface area contributed by atoms with E-state index in [0.717, 1.165) is 14.2 Å². The Bertz CT molecular complexity index is 667. The number of rotatable bonds is 5. The smallest absolute Gasteiger partial charge is 0.277 e. The molecule has 1 amide bonds. The maximum absolute atomic E-state index is 11.6. The molecule has 2 aromatic rings. The summed E-state index contributed by atoms with van der Waals surface area (Å²) in [7, 11) is 0. The summed E-state index contributed by atoms with van der Waals surface area (Å²) < 4.78 is 6.44. The highest BCUT2D eigenvalue weighted by Crippen LogP contribution is 2.20. The molecule has 0 aliphatic rings. The molecule has 0 saturated carbocycles. The van der Waals surface area contributed by atoms with E-state index in [4.69, 9.17) is 4.74 Å². The molecule has 0 atom stereocenters. The van der Waals surface area contributed by atoms with Gasteiger partial charge in [0.1, 0.15) is 5.75 Å². The summed E-state index contributed by atoms with van der Waals surface area (Å²) in [4.78, 5) is 12.6. The van der Waals surface area contributed by atoms with Crippen LogP contribution in [0.15, 0.2) is 39.2 Å². The number of carbonyl (C=O) groups excluding carboxylic acids is 1. The first-order valence-corrected chi connectivity index (χ1v) is 7.93. The first-order chi connectivity index (χ1) is 10.0. The Morgan fingerprint density at radius 3 is 2.81 bits per heavy atom. The Hall–Kier alpha value is -1.66. The third-order valence-electron chi connectivity index (χ3n) is 2.82. The maximum Gasteiger partial charge on any atom is 0.277 e. The van der Waals surface area contributed by atoms with E-state index >= 15 is 0 Å². The fraction of sp³-hybridized carbons (Fsp3) is 0.200. The normalized spacial score (nSPS) is 10.8. The zero-order valence-electron chi connectivity index (χ0n) is 11.7. The highest BCUT2D eigenvalue weighted by atomic mass is 79.9. The molecular formula is C15H15BrN2O2S. The van der Waals surface area contributed by atoms with Gasteiger partial charge >= 0.3 is 0 Å². The van der Waals surface area contributed by atoms with Crippen LogP contribution in [0.25, 0.3) is 0 Å². The average Bonchev–Trinajstić information content (AvgIpc) is 2.86. The quantitative estimate of drug-likeness (QED) is 0.648. The number of hydrogen-bond acceptors (Lipinski definition) is 4. The summed E-state index contributed by atoms with van der Waals surface area (Å²) in [6.07, 6.45) is 1.60. The molecule has 0 saturated heterocycles. The molecule has 1 aromatic carbocycles. The first kappa shape index (κ1) is 15.7. The number of benzene rings is 1. The number of carbonyl (C=O) groups is 1. The molecule has 0 aliphatic carbocycles. The van der Waals surface area contributed by atoms with Crippen molar-refractivity contribution >= 4 is 39.4 Å². The predicted octanol–water partition coefficient (Wildman–Crippen LogP) is 3.66. The van der Waals surface area contributed by atoms with Gasteiger partial charge in [-0.3, -0.25) is 4.79 Å². The van der Waals surface area contributed by atoms with Crippen molar-refractivity contribution in [3.05, 3.63) is 50.1 Å². The number of halogens is 1. The van der Waals surface area contributed by atoms with Gasteiger partial charge in [0, 0.05) is 4.88 Å². The zero-order valence-corrected chi connectivity index (χ0v) is 14.1. The molecule has 0 fully saturated rings. The van der Waals surface area contributed by atoms with Gasteiger partial charge in [0.15, 0.2) is 6.61 Å². The Morgan fingerprint density at radius 2 is 2.14 bits per heavy atom. The number of thiophene rings is 1. The number of aryl methyl sites for hydroxylation is 2. The molecule has 4 nitrogen and oxygen atoms in total. The van der Waals surface area contributed by atoms with E-state index in [1.54, 1.807) is 6.21 Å². The molecule has 2 rings (SSSR count). The van der Waals surface area contributed by atoms with Gasteiger partial charge in [0.2, 0.25) is 0 Å². The van der Waals surface area contributed by atoms with Crippen LogP contribution in [0.4, 0.5) is 0 Å². The number of nitrogens with one attached hydrogen (secondary N) is 1. The molecule has 0 radical (unpaired) electrons. The third kappa shape index (κ3) is 4.99. The Kier molecular flexibility index (Phi) is 5.52. The third-order valence-corrected chi connectivity index (χ3v) is 4.38. The van der Waals surface area contributed by atoms with Gasteiger partial charge in [0.25, 0.3) is 5.91 Å². The van der Waals surface area contributed by atoms with Crippen LogP contribution in [-0.2, 0) is 4.79 Å². The van der Waals surface area contributed by atoms with Gasteiger partial charge in [-0.2, -0.15) is 5.10 Å². The summed E-state index contributed by atoms with van der Waals surface area (Å²) >= 11 is 4.90. The molecular weight excluding hydrogens is 352 g/mol. The highest BCUT2D eigenvalue weighted by Gasteiger charge is 2.02. The van der Waals surface area contributed by atoms with Crippen LogP contribution < -0.4 is 10.2 Å². The van der Waals surface area contributed by atoms with Gasteiger partial charge in [-0.25, -0.2) is 5.43 Å². The van der Waals surface area contributed by atoms with E-state index in [9.17, 15) is 4.79 Å². The second-order valence-corrected chi connectivity index (χ2v) is 6.96. The van der Waals surface area contributed by atoms with Gasteiger partial charge in [-0.05, 0) is 65.2 Å². The summed E-state index contributed by atoms with van der Waals surface area (Å²) in [5.74, 6) is 0.388. The average molecular weight is 367 g/mol. The second-order valence-electron chi connectivity index (χ2n) is 4.47. The number of hydrogen-bond donors (Lipinski definition) is 1. The molecule has 0 unspecified atom stereocenters. The highest BCUT2D eigenvalue weighted by molar-refractivity contribution is 9.11. The molecule has 0 spiro atoms. The second kappa shape index (κ2) is 7.38. The number of amides is 1. The van der Waals surface area contributed by atoms with E-state index in [1.807, 2.05) is 44.2 Å². The van der Waals surface area contributed by atoms with Crippen molar-refractivity contribution in [3.8, 4) is 5.75 Å². The van der Waals surface area contributed by atoms with Crippen molar-refractivity contribution in [3.63, 3.8) is 0 Å². The van der Waals surface area contributed by atoms with Crippen molar-refractivity contribution in [1.29, 1.82) is 0 Å². The molecule has 1 aromatic heterocycles. The van der Waals surface area contributed by atoms with E-state index in [0.29, 0.717) is 5.75 Å². The lowest BCUT2D eigenvalue weighted by Gasteiger charge is -2.07. The van der Waals surface area contributed by atoms with Crippen LogP contribution >= 0.6 is 27.3 Å². The van der Waals surface area contributed by atoms with Crippen molar-refractivity contribution in [1.82, 2.24) is 5.43 Å². The minimum atomic E-state index is -0.292. The van der Waals surface area contributed by atoms with Crippen molar-refractivity contribution in [2.75, 3.05) is 6.61 Å². The van der Waals surface area contributed by atoms with Crippen LogP contribution in [0.1, 0.15) is 16.0 Å². The summed E-state index contributed by atoms with van der Waals surface area (Å²) in [5.41, 5.74) is 4.76. The van der Waals surface area contributed by atoms with Crippen molar-refractivity contribution < 1.29 is 9.53 Å². The first-order valence-electron chi connectivity index (χ1n) is 6.32. The van der Waals surface area contributed by atoms with Crippen LogP contribution in [0, 0.1) is 13.8 Å². The summed E-state index contributed by atoms with van der Waals surface area (Å²) in [6.45, 7) is 3.98. The lowest BCUT2D eigenvalue weighted by atomic mass is 10.1. The number of hydrazone groups is 1. The van der Waals surface area contributed by atoms with E-state index in [-0.39, 0.29) is 12.5 Å². The van der Waals surface area contributed by atoms with Crippen LogP contribution in [0.5, 0.6) is 5.75 Å². The lowest BCUT2D eigenvalue weighted by Crippen LogP contribution is -2.24. The zero-order chi connectivity index (χ0) is 15.2. The topological polar surface area (TPSA) is 50.7 Å². The standard InChI is InChI=1S/C15H15BrN2O2S/c1-10-3-4-12(7-11(10)2)20-9-15(19)18-17-8-13-5-6-14(16)21-13/h3-8H,9H2,1-2H3,(H,18,19)/b17-8-. The maximum atomic E-state index is 11.6. The molecule has 6 heteroatoms. The summed E-state index contributed by atoms with van der Waals surface area (Å²) in [5, 5.41) is 3.88. The fourth-order valence-corrected chi connectivity index (χ4v) is 2.85. The molecule has 110 valence electrons.